The molecular formula is C14H23NO. The summed E-state index contributed by atoms with van der Waals surface area (Å²) in [6, 6.07) is 0.740. The van der Waals surface area contributed by atoms with Crippen LogP contribution in [0.25, 0.3) is 0 Å². The Morgan fingerprint density at radius 3 is 1.94 bits per heavy atom. The highest BCUT2D eigenvalue weighted by Gasteiger charge is 2.57. The van der Waals surface area contributed by atoms with Gasteiger partial charge in [-0.2, -0.15) is 0 Å². The van der Waals surface area contributed by atoms with E-state index in [0.717, 1.165) is 29.7 Å². The molecule has 5 rings (SSSR count). The molecule has 0 radical (unpaired) electrons. The van der Waals surface area contributed by atoms with Gasteiger partial charge in [0.1, 0.15) is 0 Å². The predicted octanol–water partition coefficient (Wildman–Crippen LogP) is 1.93. The number of rotatable bonds is 3. The molecule has 0 aliphatic heterocycles. The van der Waals surface area contributed by atoms with E-state index in [0.29, 0.717) is 6.61 Å². The molecule has 5 fully saturated rings. The Morgan fingerprint density at radius 1 is 0.938 bits per heavy atom. The molecule has 0 aromatic heterocycles. The Kier molecular flexibility index (Phi) is 2.00. The lowest BCUT2D eigenvalue weighted by Gasteiger charge is -2.61. The zero-order valence-corrected chi connectivity index (χ0v) is 9.99. The summed E-state index contributed by atoms with van der Waals surface area (Å²) < 4.78 is 0. The van der Waals surface area contributed by atoms with Crippen LogP contribution >= 0.6 is 0 Å². The van der Waals surface area contributed by atoms with Gasteiger partial charge < -0.3 is 10.4 Å². The summed E-state index contributed by atoms with van der Waals surface area (Å²) in [6.07, 6.45) is 9.77. The summed E-state index contributed by atoms with van der Waals surface area (Å²) in [5.41, 5.74) is 0.134. The average Bonchev–Trinajstić information content (AvgIpc) is 3.06. The van der Waals surface area contributed by atoms with E-state index in [-0.39, 0.29) is 5.54 Å². The Bertz CT molecular complexity index is 269. The first-order valence-electron chi connectivity index (χ1n) is 7.18. The van der Waals surface area contributed by atoms with Crippen LogP contribution in [0.5, 0.6) is 0 Å². The van der Waals surface area contributed by atoms with Crippen LogP contribution in [0.15, 0.2) is 0 Å². The summed E-state index contributed by atoms with van der Waals surface area (Å²) >= 11 is 0. The van der Waals surface area contributed by atoms with Crippen LogP contribution in [0.2, 0.25) is 0 Å². The van der Waals surface area contributed by atoms with Crippen LogP contribution in [0.1, 0.15) is 44.9 Å². The monoisotopic (exact) mass is 221 g/mol. The van der Waals surface area contributed by atoms with E-state index >= 15 is 0 Å². The predicted molar refractivity (Wildman–Crippen MR) is 63.0 cm³/mol. The van der Waals surface area contributed by atoms with E-state index in [1.165, 1.54) is 44.9 Å². The molecule has 0 spiro atoms. The average molecular weight is 221 g/mol. The summed E-state index contributed by atoms with van der Waals surface area (Å²) in [5.74, 6) is 3.58. The van der Waals surface area contributed by atoms with Crippen LogP contribution in [0, 0.1) is 23.7 Å². The number of aliphatic hydroxyl groups excluding tert-OH is 1. The molecule has 2 nitrogen and oxygen atoms in total. The topological polar surface area (TPSA) is 32.3 Å². The molecule has 2 N–H and O–H groups in total. The van der Waals surface area contributed by atoms with Gasteiger partial charge in [-0.15, -0.1) is 0 Å². The lowest BCUT2D eigenvalue weighted by atomic mass is 9.48. The zero-order valence-electron chi connectivity index (χ0n) is 9.99. The third-order valence-electron chi connectivity index (χ3n) is 5.91. The molecule has 5 aliphatic carbocycles. The second-order valence-corrected chi connectivity index (χ2v) is 6.92. The first kappa shape index (κ1) is 9.90. The number of hydrogen-bond acceptors (Lipinski definition) is 2. The Morgan fingerprint density at radius 2 is 1.50 bits per heavy atom. The van der Waals surface area contributed by atoms with Gasteiger partial charge >= 0.3 is 0 Å². The minimum atomic E-state index is 0.134. The molecule has 5 aliphatic rings. The SMILES string of the molecule is OCC1(NC2CC2)C2CC3CC(C2)CC1C3. The quantitative estimate of drug-likeness (QED) is 0.763. The highest BCUT2D eigenvalue weighted by molar-refractivity contribution is 5.12. The highest BCUT2D eigenvalue weighted by atomic mass is 16.3. The van der Waals surface area contributed by atoms with E-state index in [9.17, 15) is 5.11 Å². The first-order valence-corrected chi connectivity index (χ1v) is 7.18. The fraction of sp³-hybridized carbons (Fsp3) is 1.00. The molecule has 0 atom stereocenters. The second kappa shape index (κ2) is 3.23. The van der Waals surface area contributed by atoms with Gasteiger partial charge in [0.05, 0.1) is 6.61 Å². The third kappa shape index (κ3) is 1.26. The molecule has 0 unspecified atom stereocenters. The smallest absolute Gasteiger partial charge is 0.0618 e. The van der Waals surface area contributed by atoms with Gasteiger partial charge in [-0.3, -0.25) is 0 Å². The first-order chi connectivity index (χ1) is 7.80. The summed E-state index contributed by atoms with van der Waals surface area (Å²) in [6.45, 7) is 0.387. The van der Waals surface area contributed by atoms with Crippen molar-refractivity contribution in [1.82, 2.24) is 5.32 Å². The summed E-state index contributed by atoms with van der Waals surface area (Å²) in [4.78, 5) is 0. The minimum Gasteiger partial charge on any atom is -0.394 e. The number of hydrogen-bond donors (Lipinski definition) is 2. The Balaban J connectivity index is 1.65. The lowest BCUT2D eigenvalue weighted by molar-refractivity contribution is -0.0961. The third-order valence-corrected chi connectivity index (χ3v) is 5.91. The largest absolute Gasteiger partial charge is 0.394 e. The summed E-state index contributed by atoms with van der Waals surface area (Å²) in [5, 5.41) is 13.8. The lowest BCUT2D eigenvalue weighted by Crippen LogP contribution is -2.67. The molecule has 90 valence electrons. The van der Waals surface area contributed by atoms with Crippen molar-refractivity contribution < 1.29 is 5.11 Å². The number of aliphatic hydroxyl groups is 1. The maximum Gasteiger partial charge on any atom is 0.0618 e. The molecule has 0 aromatic rings. The van der Waals surface area contributed by atoms with Crippen molar-refractivity contribution in [2.75, 3.05) is 6.61 Å². The molecule has 5 saturated carbocycles. The molecule has 2 heteroatoms. The second-order valence-electron chi connectivity index (χ2n) is 6.92. The van der Waals surface area contributed by atoms with Gasteiger partial charge in [-0.25, -0.2) is 0 Å². The van der Waals surface area contributed by atoms with Crippen molar-refractivity contribution in [1.29, 1.82) is 0 Å². The highest BCUT2D eigenvalue weighted by Crippen LogP contribution is 2.58. The zero-order chi connectivity index (χ0) is 10.8. The fourth-order valence-electron chi connectivity index (χ4n) is 5.17. The van der Waals surface area contributed by atoms with Crippen molar-refractivity contribution in [2.45, 2.75) is 56.5 Å². The van der Waals surface area contributed by atoms with Crippen LogP contribution in [-0.2, 0) is 0 Å². The molecule has 0 saturated heterocycles. The van der Waals surface area contributed by atoms with Crippen LogP contribution in [0.4, 0.5) is 0 Å². The molecule has 0 aromatic carbocycles. The maximum atomic E-state index is 9.96. The molecule has 16 heavy (non-hydrogen) atoms. The minimum absolute atomic E-state index is 0.134. The fourth-order valence-corrected chi connectivity index (χ4v) is 5.17. The van der Waals surface area contributed by atoms with Crippen LogP contribution in [0.3, 0.4) is 0 Å². The molecule has 0 heterocycles. The summed E-state index contributed by atoms with van der Waals surface area (Å²) in [7, 11) is 0. The standard InChI is InChI=1S/C14H23NO/c16-8-14(15-13-1-2-13)11-4-9-3-10(6-11)7-12(14)5-9/h9-13,15-16H,1-8H2. The maximum absolute atomic E-state index is 9.96. The van der Waals surface area contributed by atoms with Crippen LogP contribution in [-0.4, -0.2) is 23.3 Å². The molecule has 0 amide bonds. The van der Waals surface area contributed by atoms with Gasteiger partial charge in [0.15, 0.2) is 0 Å². The van der Waals surface area contributed by atoms with E-state index < -0.39 is 0 Å². The van der Waals surface area contributed by atoms with Gasteiger partial charge in [0, 0.05) is 11.6 Å². The van der Waals surface area contributed by atoms with E-state index in [1.54, 1.807) is 0 Å². The Labute approximate surface area is 97.8 Å². The van der Waals surface area contributed by atoms with E-state index in [4.69, 9.17) is 0 Å². The molecule has 4 bridgehead atoms. The molecular weight excluding hydrogens is 198 g/mol. The van der Waals surface area contributed by atoms with Crippen molar-refractivity contribution in [3.05, 3.63) is 0 Å². The van der Waals surface area contributed by atoms with Crippen molar-refractivity contribution >= 4 is 0 Å². The van der Waals surface area contributed by atoms with Crippen LogP contribution < -0.4 is 5.32 Å². The van der Waals surface area contributed by atoms with Crippen molar-refractivity contribution in [2.24, 2.45) is 23.7 Å². The van der Waals surface area contributed by atoms with E-state index in [1.807, 2.05) is 0 Å². The number of nitrogens with one attached hydrogen (secondary N) is 1. The van der Waals surface area contributed by atoms with Gasteiger partial charge in [-0.05, 0) is 68.6 Å². The Hall–Kier alpha value is -0.0800. The van der Waals surface area contributed by atoms with E-state index in [2.05, 4.69) is 5.32 Å². The normalized spacial score (nSPS) is 54.6. The van der Waals surface area contributed by atoms with Gasteiger partial charge in [-0.1, -0.05) is 0 Å². The van der Waals surface area contributed by atoms with Crippen molar-refractivity contribution in [3.63, 3.8) is 0 Å². The van der Waals surface area contributed by atoms with Crippen molar-refractivity contribution in [3.8, 4) is 0 Å². The van der Waals surface area contributed by atoms with Gasteiger partial charge in [0.25, 0.3) is 0 Å². The van der Waals surface area contributed by atoms with Gasteiger partial charge in [0.2, 0.25) is 0 Å².